The zero-order valence-corrected chi connectivity index (χ0v) is 31.7. The number of rotatable bonds is 7. The van der Waals surface area contributed by atoms with Gasteiger partial charge in [-0.25, -0.2) is 0 Å². The molecule has 0 radical (unpaired) electrons. The number of nitrogens with zero attached hydrogens (tertiary/aromatic N) is 1. The van der Waals surface area contributed by atoms with E-state index in [9.17, 15) is 0 Å². The molecule has 11 aromatic rings. The molecule has 10 aromatic carbocycles. The fraction of sp³-hybridized carbons (Fsp3) is 0. The quantitative estimate of drug-likeness (QED) is 0.162. The van der Waals surface area contributed by atoms with Crippen molar-refractivity contribution in [2.45, 2.75) is 0 Å². The Morgan fingerprint density at radius 1 is 0.293 bits per heavy atom. The van der Waals surface area contributed by atoms with Gasteiger partial charge < -0.3 is 9.32 Å². The first kappa shape index (κ1) is 33.6. The van der Waals surface area contributed by atoms with Crippen molar-refractivity contribution >= 4 is 60.5 Å². The molecule has 0 saturated heterocycles. The molecular formula is C56H37NO. The van der Waals surface area contributed by atoms with Crippen molar-refractivity contribution in [2.75, 3.05) is 4.90 Å². The average Bonchev–Trinajstić information content (AvgIpc) is 3.68. The first-order valence-electron chi connectivity index (χ1n) is 19.8. The lowest BCUT2D eigenvalue weighted by Gasteiger charge is -2.26. The van der Waals surface area contributed by atoms with Crippen LogP contribution < -0.4 is 4.90 Å². The van der Waals surface area contributed by atoms with Crippen LogP contribution in [0.4, 0.5) is 17.1 Å². The van der Waals surface area contributed by atoms with E-state index in [1.54, 1.807) is 0 Å². The molecule has 0 aliphatic rings. The molecule has 0 aliphatic heterocycles. The van der Waals surface area contributed by atoms with Gasteiger partial charge in [-0.1, -0.05) is 176 Å². The van der Waals surface area contributed by atoms with Gasteiger partial charge in [0.1, 0.15) is 11.2 Å². The Morgan fingerprint density at radius 2 is 0.862 bits per heavy atom. The zero-order valence-electron chi connectivity index (χ0n) is 31.7. The molecule has 58 heavy (non-hydrogen) atoms. The molecule has 0 unspecified atom stereocenters. The summed E-state index contributed by atoms with van der Waals surface area (Å²) in [5, 5.41) is 7.16. The summed E-state index contributed by atoms with van der Waals surface area (Å²) in [7, 11) is 0. The summed E-state index contributed by atoms with van der Waals surface area (Å²) in [6.45, 7) is 0. The number of hydrogen-bond donors (Lipinski definition) is 0. The highest BCUT2D eigenvalue weighted by Gasteiger charge is 2.19. The van der Waals surface area contributed by atoms with Gasteiger partial charge in [0.15, 0.2) is 0 Å². The molecule has 0 atom stereocenters. The van der Waals surface area contributed by atoms with Crippen molar-refractivity contribution in [2.24, 2.45) is 0 Å². The summed E-state index contributed by atoms with van der Waals surface area (Å²) in [5.41, 5.74) is 14.3. The van der Waals surface area contributed by atoms with Gasteiger partial charge in [-0.05, 0) is 103 Å². The van der Waals surface area contributed by atoms with E-state index in [-0.39, 0.29) is 0 Å². The molecule has 272 valence electrons. The van der Waals surface area contributed by atoms with E-state index in [0.717, 1.165) is 50.1 Å². The van der Waals surface area contributed by atoms with E-state index in [1.165, 1.54) is 54.9 Å². The van der Waals surface area contributed by atoms with E-state index in [2.05, 4.69) is 223 Å². The molecule has 1 heterocycles. The van der Waals surface area contributed by atoms with Crippen LogP contribution in [0.15, 0.2) is 229 Å². The summed E-state index contributed by atoms with van der Waals surface area (Å²) in [6.07, 6.45) is 0. The zero-order chi connectivity index (χ0) is 38.4. The maximum Gasteiger partial charge on any atom is 0.143 e. The van der Waals surface area contributed by atoms with Crippen LogP contribution in [0, 0.1) is 0 Å². The molecule has 2 nitrogen and oxygen atoms in total. The average molecular weight is 740 g/mol. The topological polar surface area (TPSA) is 16.4 Å². The predicted molar refractivity (Wildman–Crippen MR) is 245 cm³/mol. The molecule has 0 amide bonds. The molecule has 0 fully saturated rings. The van der Waals surface area contributed by atoms with Crippen LogP contribution >= 0.6 is 0 Å². The smallest absolute Gasteiger partial charge is 0.143 e. The summed E-state index contributed by atoms with van der Waals surface area (Å²) < 4.78 is 6.76. The van der Waals surface area contributed by atoms with Crippen molar-refractivity contribution in [3.63, 3.8) is 0 Å². The number of benzene rings is 10. The third-order valence-corrected chi connectivity index (χ3v) is 11.5. The second-order valence-electron chi connectivity index (χ2n) is 14.9. The van der Waals surface area contributed by atoms with E-state index in [0.29, 0.717) is 0 Å². The third-order valence-electron chi connectivity index (χ3n) is 11.5. The maximum absolute atomic E-state index is 6.76. The Morgan fingerprint density at radius 3 is 1.60 bits per heavy atom. The molecule has 0 saturated carbocycles. The molecule has 0 bridgehead atoms. The standard InChI is InChI=1S/C56H37NO/c1-3-13-40(14-4-1)50-34-28-42-17-9-10-19-49(42)55(50)43-26-31-47(32-27-43)57(46-29-24-39(25-30-46)45-23-22-38-12-7-8-18-44(38)36-45)48-33-35-52-53-21-11-20-51(41-15-5-2-6-16-41)56(53)58-54(52)37-48/h1-37H. The summed E-state index contributed by atoms with van der Waals surface area (Å²) in [6, 6.07) is 80.6. The van der Waals surface area contributed by atoms with Gasteiger partial charge in [0.05, 0.1) is 0 Å². The van der Waals surface area contributed by atoms with E-state index < -0.39 is 0 Å². The Bertz CT molecular complexity index is 3250. The fourth-order valence-corrected chi connectivity index (χ4v) is 8.61. The largest absolute Gasteiger partial charge is 0.455 e. The van der Waals surface area contributed by atoms with Crippen LogP contribution in [0.25, 0.3) is 88.0 Å². The Balaban J connectivity index is 1.05. The van der Waals surface area contributed by atoms with Crippen molar-refractivity contribution in [3.8, 4) is 44.5 Å². The summed E-state index contributed by atoms with van der Waals surface area (Å²) >= 11 is 0. The second-order valence-corrected chi connectivity index (χ2v) is 14.9. The van der Waals surface area contributed by atoms with Gasteiger partial charge in [0.2, 0.25) is 0 Å². The highest BCUT2D eigenvalue weighted by Crippen LogP contribution is 2.43. The normalized spacial score (nSPS) is 11.4. The minimum absolute atomic E-state index is 0.855. The van der Waals surface area contributed by atoms with Crippen LogP contribution in [-0.2, 0) is 0 Å². The number of furan rings is 1. The minimum Gasteiger partial charge on any atom is -0.455 e. The molecule has 1 aromatic heterocycles. The van der Waals surface area contributed by atoms with Gasteiger partial charge in [-0.3, -0.25) is 0 Å². The number of hydrogen-bond acceptors (Lipinski definition) is 2. The number of fused-ring (bicyclic) bond motifs is 5. The monoisotopic (exact) mass is 739 g/mol. The van der Waals surface area contributed by atoms with Crippen molar-refractivity contribution in [1.82, 2.24) is 0 Å². The highest BCUT2D eigenvalue weighted by molar-refractivity contribution is 6.10. The minimum atomic E-state index is 0.855. The third kappa shape index (κ3) is 5.91. The van der Waals surface area contributed by atoms with E-state index >= 15 is 0 Å². The number of anilines is 3. The predicted octanol–water partition coefficient (Wildman–Crippen LogP) is 16.0. The highest BCUT2D eigenvalue weighted by atomic mass is 16.3. The van der Waals surface area contributed by atoms with Gasteiger partial charge in [0, 0.05) is 39.5 Å². The number of para-hydroxylation sites is 1. The van der Waals surface area contributed by atoms with Crippen molar-refractivity contribution < 1.29 is 4.42 Å². The van der Waals surface area contributed by atoms with Gasteiger partial charge in [-0.2, -0.15) is 0 Å². The van der Waals surface area contributed by atoms with Gasteiger partial charge >= 0.3 is 0 Å². The molecule has 0 N–H and O–H groups in total. The Labute approximate surface area is 337 Å². The van der Waals surface area contributed by atoms with Crippen LogP contribution in [0.5, 0.6) is 0 Å². The molecule has 0 spiro atoms. The molecule has 11 rings (SSSR count). The molecular weight excluding hydrogens is 703 g/mol. The first-order valence-corrected chi connectivity index (χ1v) is 19.8. The van der Waals surface area contributed by atoms with E-state index in [1.807, 2.05) is 6.07 Å². The lowest BCUT2D eigenvalue weighted by atomic mass is 9.89. The first-order chi connectivity index (χ1) is 28.7. The van der Waals surface area contributed by atoms with Crippen LogP contribution in [0.1, 0.15) is 0 Å². The van der Waals surface area contributed by atoms with Crippen LogP contribution in [-0.4, -0.2) is 0 Å². The Hall–Kier alpha value is -7.68. The van der Waals surface area contributed by atoms with Gasteiger partial charge in [0.25, 0.3) is 0 Å². The Kier molecular flexibility index (Phi) is 8.19. The molecule has 2 heteroatoms. The second kappa shape index (κ2) is 14.1. The fourth-order valence-electron chi connectivity index (χ4n) is 8.61. The summed E-state index contributed by atoms with van der Waals surface area (Å²) in [5.74, 6) is 0. The summed E-state index contributed by atoms with van der Waals surface area (Å²) in [4.78, 5) is 2.33. The SMILES string of the molecule is c1ccc(-c2ccc3ccccc3c2-c2ccc(N(c3ccc(-c4ccc5ccccc5c4)cc3)c3ccc4c(c3)oc3c(-c5ccccc5)cccc34)cc2)cc1. The van der Waals surface area contributed by atoms with Gasteiger partial charge in [-0.15, -0.1) is 0 Å². The lowest BCUT2D eigenvalue weighted by Crippen LogP contribution is -2.09. The van der Waals surface area contributed by atoms with Crippen LogP contribution in [0.3, 0.4) is 0 Å². The van der Waals surface area contributed by atoms with E-state index in [4.69, 9.17) is 4.42 Å². The lowest BCUT2D eigenvalue weighted by molar-refractivity contribution is 0.670. The molecule has 0 aliphatic carbocycles. The van der Waals surface area contributed by atoms with Crippen molar-refractivity contribution in [1.29, 1.82) is 0 Å². The van der Waals surface area contributed by atoms with Crippen LogP contribution in [0.2, 0.25) is 0 Å². The maximum atomic E-state index is 6.76. The van der Waals surface area contributed by atoms with Crippen molar-refractivity contribution in [3.05, 3.63) is 224 Å².